The maximum Gasteiger partial charge on any atom is 0.410 e. The van der Waals surface area contributed by atoms with E-state index in [1.54, 1.807) is 6.92 Å². The molecule has 1 atom stereocenters. The first-order valence-corrected chi connectivity index (χ1v) is 7.92. The van der Waals surface area contributed by atoms with Crippen molar-refractivity contribution >= 4 is 12.1 Å². The molecule has 1 heterocycles. The molecule has 132 valence electrons. The van der Waals surface area contributed by atoms with Crippen molar-refractivity contribution in [3.05, 3.63) is 35.9 Å². The number of alkyl halides is 2. The number of amides is 1. The Morgan fingerprint density at radius 3 is 2.62 bits per heavy atom. The summed E-state index contributed by atoms with van der Waals surface area (Å²) in [6.07, 6.45) is 0.715. The molecule has 1 fully saturated rings. The van der Waals surface area contributed by atoms with Crippen LogP contribution in [0.15, 0.2) is 30.3 Å². The van der Waals surface area contributed by atoms with Gasteiger partial charge >= 0.3 is 18.7 Å². The summed E-state index contributed by atoms with van der Waals surface area (Å²) in [5.41, 5.74) is -0.248. The number of hydrogen-bond acceptors (Lipinski definition) is 4. The Morgan fingerprint density at radius 1 is 1.29 bits per heavy atom. The van der Waals surface area contributed by atoms with Gasteiger partial charge in [0.2, 0.25) is 0 Å². The standard InChI is InChI=1S/C17H21F2NO4/c1-2-17(14(21)24-15(18)19)9-6-10-20(12-17)16(22)23-11-13-7-4-3-5-8-13/h3-5,7-8,15H,2,6,9-12H2,1H3. The second kappa shape index (κ2) is 8.08. The number of esters is 1. The van der Waals surface area contributed by atoms with Gasteiger partial charge in [-0.2, -0.15) is 8.78 Å². The van der Waals surface area contributed by atoms with E-state index in [-0.39, 0.29) is 13.2 Å². The molecule has 24 heavy (non-hydrogen) atoms. The molecule has 1 aliphatic rings. The minimum Gasteiger partial charge on any atom is -0.445 e. The molecule has 1 amide bonds. The first-order chi connectivity index (χ1) is 11.5. The third-order valence-corrected chi connectivity index (χ3v) is 4.35. The summed E-state index contributed by atoms with van der Waals surface area (Å²) in [7, 11) is 0. The highest BCUT2D eigenvalue weighted by Crippen LogP contribution is 2.35. The Bertz CT molecular complexity index is 567. The Morgan fingerprint density at radius 2 is 2.00 bits per heavy atom. The van der Waals surface area contributed by atoms with Gasteiger partial charge in [0.15, 0.2) is 0 Å². The van der Waals surface area contributed by atoms with Crippen LogP contribution in [0.3, 0.4) is 0 Å². The minimum atomic E-state index is -3.15. The molecular formula is C17H21F2NO4. The Labute approximate surface area is 139 Å². The van der Waals surface area contributed by atoms with Gasteiger partial charge in [0.1, 0.15) is 6.61 Å². The number of carbonyl (C=O) groups is 2. The molecule has 0 bridgehead atoms. The number of hydrogen-bond donors (Lipinski definition) is 0. The number of halogens is 2. The topological polar surface area (TPSA) is 55.8 Å². The van der Waals surface area contributed by atoms with E-state index in [1.165, 1.54) is 4.90 Å². The van der Waals surface area contributed by atoms with Crippen LogP contribution in [0.5, 0.6) is 0 Å². The van der Waals surface area contributed by atoms with Gasteiger partial charge < -0.3 is 14.4 Å². The molecule has 0 saturated carbocycles. The van der Waals surface area contributed by atoms with Crippen molar-refractivity contribution in [3.63, 3.8) is 0 Å². The molecule has 0 radical (unpaired) electrons. The quantitative estimate of drug-likeness (QED) is 0.768. The Balaban J connectivity index is 1.97. The summed E-state index contributed by atoms with van der Waals surface area (Å²) in [5.74, 6) is -0.958. The van der Waals surface area contributed by atoms with Gasteiger partial charge in [-0.05, 0) is 24.8 Å². The maximum absolute atomic E-state index is 12.4. The zero-order valence-electron chi connectivity index (χ0n) is 13.5. The predicted molar refractivity (Wildman–Crippen MR) is 82.3 cm³/mol. The van der Waals surface area contributed by atoms with Gasteiger partial charge in [0.25, 0.3) is 0 Å². The second-order valence-electron chi connectivity index (χ2n) is 5.87. The normalized spacial score (nSPS) is 20.8. The monoisotopic (exact) mass is 341 g/mol. The average Bonchev–Trinajstić information content (AvgIpc) is 2.60. The highest BCUT2D eigenvalue weighted by Gasteiger charge is 2.44. The predicted octanol–water partition coefficient (Wildman–Crippen LogP) is 3.58. The van der Waals surface area contributed by atoms with Crippen molar-refractivity contribution in [2.24, 2.45) is 5.41 Å². The molecule has 0 aliphatic carbocycles. The van der Waals surface area contributed by atoms with Gasteiger partial charge in [-0.1, -0.05) is 37.3 Å². The van der Waals surface area contributed by atoms with Crippen molar-refractivity contribution < 1.29 is 27.8 Å². The lowest BCUT2D eigenvalue weighted by molar-refractivity contribution is -0.191. The molecule has 0 N–H and O–H groups in total. The molecule has 2 rings (SSSR count). The van der Waals surface area contributed by atoms with E-state index in [0.717, 1.165) is 5.56 Å². The van der Waals surface area contributed by atoms with Gasteiger partial charge in [0.05, 0.1) is 5.41 Å². The van der Waals surface area contributed by atoms with Crippen molar-refractivity contribution in [1.82, 2.24) is 4.90 Å². The fraction of sp³-hybridized carbons (Fsp3) is 0.529. The summed E-state index contributed by atoms with van der Waals surface area (Å²) in [6.45, 7) is -0.844. The molecule has 1 unspecified atom stereocenters. The van der Waals surface area contributed by atoms with Gasteiger partial charge in [0, 0.05) is 13.1 Å². The lowest BCUT2D eigenvalue weighted by Gasteiger charge is -2.39. The number of rotatable bonds is 5. The number of ether oxygens (including phenoxy) is 2. The van der Waals surface area contributed by atoms with Crippen LogP contribution in [0.2, 0.25) is 0 Å². The van der Waals surface area contributed by atoms with E-state index in [9.17, 15) is 18.4 Å². The molecule has 0 aromatic heterocycles. The lowest BCUT2D eigenvalue weighted by atomic mass is 9.77. The first-order valence-electron chi connectivity index (χ1n) is 7.92. The highest BCUT2D eigenvalue weighted by molar-refractivity contribution is 5.78. The van der Waals surface area contributed by atoms with E-state index in [1.807, 2.05) is 30.3 Å². The van der Waals surface area contributed by atoms with Gasteiger partial charge in [-0.15, -0.1) is 0 Å². The molecule has 1 saturated heterocycles. The zero-order valence-corrected chi connectivity index (χ0v) is 13.5. The zero-order chi connectivity index (χ0) is 17.6. The van der Waals surface area contributed by atoms with Crippen molar-refractivity contribution in [3.8, 4) is 0 Å². The van der Waals surface area contributed by atoms with Crippen LogP contribution in [-0.4, -0.2) is 36.7 Å². The van der Waals surface area contributed by atoms with Crippen LogP contribution in [-0.2, 0) is 20.9 Å². The van der Waals surface area contributed by atoms with Crippen LogP contribution in [0.1, 0.15) is 31.7 Å². The van der Waals surface area contributed by atoms with Crippen LogP contribution in [0.4, 0.5) is 13.6 Å². The van der Waals surface area contributed by atoms with Crippen LogP contribution < -0.4 is 0 Å². The molecule has 1 aromatic carbocycles. The Hall–Kier alpha value is -2.18. The summed E-state index contributed by atoms with van der Waals surface area (Å²) in [4.78, 5) is 25.6. The second-order valence-corrected chi connectivity index (χ2v) is 5.87. The van der Waals surface area contributed by atoms with Crippen LogP contribution in [0.25, 0.3) is 0 Å². The van der Waals surface area contributed by atoms with Gasteiger partial charge in [-0.3, -0.25) is 4.79 Å². The number of benzene rings is 1. The smallest absolute Gasteiger partial charge is 0.410 e. The average molecular weight is 341 g/mol. The summed E-state index contributed by atoms with van der Waals surface area (Å²) in [6, 6.07) is 9.21. The van der Waals surface area contributed by atoms with Gasteiger partial charge in [-0.25, -0.2) is 4.79 Å². The number of likely N-dealkylation sites (tertiary alicyclic amines) is 1. The molecule has 1 aromatic rings. The molecule has 0 spiro atoms. The van der Waals surface area contributed by atoms with Crippen molar-refractivity contribution in [1.29, 1.82) is 0 Å². The third-order valence-electron chi connectivity index (χ3n) is 4.35. The lowest BCUT2D eigenvalue weighted by Crippen LogP contribution is -2.50. The van der Waals surface area contributed by atoms with E-state index in [2.05, 4.69) is 4.74 Å². The number of piperidine rings is 1. The van der Waals surface area contributed by atoms with E-state index >= 15 is 0 Å². The summed E-state index contributed by atoms with van der Waals surface area (Å²) >= 11 is 0. The molecule has 5 nitrogen and oxygen atoms in total. The van der Waals surface area contributed by atoms with Crippen molar-refractivity contribution in [2.75, 3.05) is 13.1 Å². The fourth-order valence-corrected chi connectivity index (χ4v) is 2.90. The first kappa shape index (κ1) is 18.2. The third kappa shape index (κ3) is 4.43. The summed E-state index contributed by atoms with van der Waals surface area (Å²) in [5, 5.41) is 0. The minimum absolute atomic E-state index is 0.0304. The number of nitrogens with zero attached hydrogens (tertiary/aromatic N) is 1. The maximum atomic E-state index is 12.4. The van der Waals surface area contributed by atoms with Crippen LogP contribution in [0, 0.1) is 5.41 Å². The van der Waals surface area contributed by atoms with Crippen LogP contribution >= 0.6 is 0 Å². The van der Waals surface area contributed by atoms with E-state index in [4.69, 9.17) is 4.74 Å². The molecular weight excluding hydrogens is 320 g/mol. The van der Waals surface area contributed by atoms with Crippen molar-refractivity contribution in [2.45, 2.75) is 39.4 Å². The fourth-order valence-electron chi connectivity index (χ4n) is 2.90. The largest absolute Gasteiger partial charge is 0.445 e. The van der Waals surface area contributed by atoms with E-state index in [0.29, 0.717) is 25.8 Å². The number of carbonyl (C=O) groups excluding carboxylic acids is 2. The molecule has 1 aliphatic heterocycles. The Kier molecular flexibility index (Phi) is 6.11. The van der Waals surface area contributed by atoms with E-state index < -0.39 is 24.1 Å². The highest BCUT2D eigenvalue weighted by atomic mass is 19.3. The SMILES string of the molecule is CCC1(C(=O)OC(F)F)CCCN(C(=O)OCc2ccccc2)C1. The summed E-state index contributed by atoms with van der Waals surface area (Å²) < 4.78 is 34.1. The molecule has 7 heteroatoms.